The highest BCUT2D eigenvalue weighted by Crippen LogP contribution is 2.33. The van der Waals surface area contributed by atoms with Gasteiger partial charge in [-0.25, -0.2) is 0 Å². The molecule has 2 rings (SSSR count). The number of alkyl halides is 3. The minimum atomic E-state index is -4.53. The highest BCUT2D eigenvalue weighted by molar-refractivity contribution is 8.00. The van der Waals surface area contributed by atoms with Crippen molar-refractivity contribution in [1.82, 2.24) is 0 Å². The number of thioether (sulfide) groups is 1. The second kappa shape index (κ2) is 9.14. The molecule has 144 valence electrons. The van der Waals surface area contributed by atoms with Crippen molar-refractivity contribution in [3.63, 3.8) is 0 Å². The minimum absolute atomic E-state index is 0.00142. The van der Waals surface area contributed by atoms with Gasteiger partial charge in [-0.15, -0.1) is 11.8 Å². The Morgan fingerprint density at radius 3 is 2.19 bits per heavy atom. The Balaban J connectivity index is 1.82. The zero-order valence-corrected chi connectivity index (χ0v) is 15.8. The van der Waals surface area contributed by atoms with E-state index in [2.05, 4.69) is 10.6 Å². The summed E-state index contributed by atoms with van der Waals surface area (Å²) in [7, 11) is 0. The van der Waals surface area contributed by atoms with Gasteiger partial charge in [-0.3, -0.25) is 9.59 Å². The Bertz CT molecular complexity index is 826. The summed E-state index contributed by atoms with van der Waals surface area (Å²) < 4.78 is 38.2. The molecule has 0 saturated carbocycles. The molecule has 0 aliphatic carbocycles. The molecule has 0 aromatic heterocycles. The molecule has 0 saturated heterocycles. The zero-order chi connectivity index (χ0) is 20.0. The maximum atomic E-state index is 12.7. The van der Waals surface area contributed by atoms with E-state index in [0.717, 1.165) is 35.5 Å². The highest BCUT2D eigenvalue weighted by atomic mass is 35.5. The molecule has 2 N–H and O–H groups in total. The fraction of sp³-hybridized carbons (Fsp3) is 0.222. The Morgan fingerprint density at radius 2 is 1.59 bits per heavy atom. The van der Waals surface area contributed by atoms with Crippen LogP contribution in [-0.4, -0.2) is 23.3 Å². The van der Waals surface area contributed by atoms with Crippen LogP contribution in [-0.2, 0) is 15.8 Å². The first kappa shape index (κ1) is 21.1. The quantitative estimate of drug-likeness (QED) is 0.698. The second-order valence-electron chi connectivity index (χ2n) is 5.65. The first-order valence-electron chi connectivity index (χ1n) is 7.76. The molecule has 4 nitrogen and oxygen atoms in total. The largest absolute Gasteiger partial charge is 0.416 e. The predicted octanol–water partition coefficient (Wildman–Crippen LogP) is 4.98. The molecule has 0 spiro atoms. The number of halogens is 4. The van der Waals surface area contributed by atoms with Crippen molar-refractivity contribution in [2.24, 2.45) is 0 Å². The first-order valence-corrected chi connectivity index (χ1v) is 9.29. The molecule has 27 heavy (non-hydrogen) atoms. The number of aryl methyl sites for hydroxylation is 1. The van der Waals surface area contributed by atoms with E-state index in [4.69, 9.17) is 11.6 Å². The number of nitrogens with one attached hydrogen (secondary N) is 2. The molecule has 0 radical (unpaired) electrons. The van der Waals surface area contributed by atoms with Gasteiger partial charge < -0.3 is 10.6 Å². The molecule has 0 fully saturated rings. The average Bonchev–Trinajstić information content (AvgIpc) is 2.58. The molecular formula is C18H16ClF3N2O2S. The molecule has 2 aromatic rings. The lowest BCUT2D eigenvalue weighted by atomic mass is 10.2. The average molecular weight is 417 g/mol. The monoisotopic (exact) mass is 416 g/mol. The molecule has 2 aromatic carbocycles. The van der Waals surface area contributed by atoms with E-state index in [1.807, 2.05) is 19.1 Å². The van der Waals surface area contributed by atoms with Gasteiger partial charge in [0.2, 0.25) is 11.8 Å². The van der Waals surface area contributed by atoms with Gasteiger partial charge in [0, 0.05) is 5.69 Å². The molecule has 0 heterocycles. The van der Waals surface area contributed by atoms with E-state index in [1.165, 1.54) is 0 Å². The predicted molar refractivity (Wildman–Crippen MR) is 102 cm³/mol. The molecule has 9 heteroatoms. The smallest absolute Gasteiger partial charge is 0.325 e. The summed E-state index contributed by atoms with van der Waals surface area (Å²) in [5.74, 6) is -0.913. The fourth-order valence-corrected chi connectivity index (χ4v) is 2.84. The summed E-state index contributed by atoms with van der Waals surface area (Å²) in [4.78, 5) is 23.7. The Kier molecular flexibility index (Phi) is 7.15. The van der Waals surface area contributed by atoms with Crippen LogP contribution in [0.1, 0.15) is 11.1 Å². The third-order valence-corrected chi connectivity index (χ3v) is 4.63. The van der Waals surface area contributed by atoms with Crippen molar-refractivity contribution < 1.29 is 22.8 Å². The standard InChI is InChI=1S/C18H16ClF3N2O2S/c1-11-2-5-13(6-3-11)23-16(25)9-27-10-17(26)24-15-8-12(18(20,21)22)4-7-14(15)19/h2-8H,9-10H2,1H3,(H,23,25)(H,24,26). The van der Waals surface area contributed by atoms with Crippen LogP contribution in [0.4, 0.5) is 24.5 Å². The first-order chi connectivity index (χ1) is 12.6. The number of anilines is 2. The van der Waals surface area contributed by atoms with Gasteiger partial charge in [0.15, 0.2) is 0 Å². The molecule has 0 aliphatic heterocycles. The van der Waals surface area contributed by atoms with E-state index >= 15 is 0 Å². The van der Waals surface area contributed by atoms with E-state index in [1.54, 1.807) is 12.1 Å². The van der Waals surface area contributed by atoms with Crippen molar-refractivity contribution in [2.45, 2.75) is 13.1 Å². The van der Waals surface area contributed by atoms with Crippen LogP contribution in [0.25, 0.3) is 0 Å². The minimum Gasteiger partial charge on any atom is -0.325 e. The van der Waals surface area contributed by atoms with Crippen molar-refractivity contribution in [3.8, 4) is 0 Å². The third kappa shape index (κ3) is 6.80. The second-order valence-corrected chi connectivity index (χ2v) is 7.04. The zero-order valence-electron chi connectivity index (χ0n) is 14.2. The van der Waals surface area contributed by atoms with E-state index in [0.29, 0.717) is 5.69 Å². The third-order valence-electron chi connectivity index (χ3n) is 3.37. The Hall–Kier alpha value is -2.19. The van der Waals surface area contributed by atoms with Crippen LogP contribution in [0.2, 0.25) is 5.02 Å². The van der Waals surface area contributed by atoms with Gasteiger partial charge in [0.05, 0.1) is 27.8 Å². The van der Waals surface area contributed by atoms with E-state index in [-0.39, 0.29) is 28.1 Å². The fourth-order valence-electron chi connectivity index (χ4n) is 2.05. The van der Waals surface area contributed by atoms with Crippen LogP contribution in [0.5, 0.6) is 0 Å². The molecular weight excluding hydrogens is 401 g/mol. The summed E-state index contributed by atoms with van der Waals surface area (Å²) in [5, 5.41) is 5.02. The summed E-state index contributed by atoms with van der Waals surface area (Å²) in [5.41, 5.74) is 0.673. The lowest BCUT2D eigenvalue weighted by Crippen LogP contribution is -2.19. The molecule has 2 amide bonds. The van der Waals surface area contributed by atoms with E-state index < -0.39 is 17.6 Å². The van der Waals surface area contributed by atoms with Gasteiger partial charge >= 0.3 is 6.18 Å². The number of carbonyl (C=O) groups excluding carboxylic acids is 2. The van der Waals surface area contributed by atoms with Crippen LogP contribution in [0.3, 0.4) is 0 Å². The van der Waals surface area contributed by atoms with Gasteiger partial charge in [-0.05, 0) is 37.3 Å². The molecule has 0 unspecified atom stereocenters. The van der Waals surface area contributed by atoms with Crippen LogP contribution < -0.4 is 10.6 Å². The number of hydrogen-bond donors (Lipinski definition) is 2. The van der Waals surface area contributed by atoms with Gasteiger partial charge in [0.25, 0.3) is 0 Å². The summed E-state index contributed by atoms with van der Waals surface area (Å²) in [6.07, 6.45) is -4.53. The summed E-state index contributed by atoms with van der Waals surface area (Å²) in [6.45, 7) is 1.93. The maximum absolute atomic E-state index is 12.7. The number of benzene rings is 2. The lowest BCUT2D eigenvalue weighted by Gasteiger charge is -2.11. The van der Waals surface area contributed by atoms with Crippen molar-refractivity contribution in [3.05, 3.63) is 58.6 Å². The topological polar surface area (TPSA) is 58.2 Å². The number of amides is 2. The van der Waals surface area contributed by atoms with Crippen molar-refractivity contribution in [2.75, 3.05) is 22.1 Å². The van der Waals surface area contributed by atoms with E-state index in [9.17, 15) is 22.8 Å². The van der Waals surface area contributed by atoms with Gasteiger partial charge in [-0.2, -0.15) is 13.2 Å². The van der Waals surface area contributed by atoms with Crippen LogP contribution in [0, 0.1) is 6.92 Å². The molecule has 0 atom stereocenters. The molecule has 0 aliphatic rings. The van der Waals surface area contributed by atoms with Crippen LogP contribution >= 0.6 is 23.4 Å². The summed E-state index contributed by atoms with van der Waals surface area (Å²) in [6, 6.07) is 9.92. The van der Waals surface area contributed by atoms with Gasteiger partial charge in [0.1, 0.15) is 0 Å². The maximum Gasteiger partial charge on any atom is 0.416 e. The summed E-state index contributed by atoms with van der Waals surface area (Å²) >= 11 is 6.86. The number of hydrogen-bond acceptors (Lipinski definition) is 3. The lowest BCUT2D eigenvalue weighted by molar-refractivity contribution is -0.137. The van der Waals surface area contributed by atoms with Crippen LogP contribution in [0.15, 0.2) is 42.5 Å². The van der Waals surface area contributed by atoms with Crippen molar-refractivity contribution in [1.29, 1.82) is 0 Å². The highest BCUT2D eigenvalue weighted by Gasteiger charge is 2.31. The number of rotatable bonds is 6. The normalized spacial score (nSPS) is 11.1. The Labute approximate surface area is 163 Å². The molecule has 0 bridgehead atoms. The number of carbonyl (C=O) groups is 2. The SMILES string of the molecule is Cc1ccc(NC(=O)CSCC(=O)Nc2cc(C(F)(F)F)ccc2Cl)cc1. The van der Waals surface area contributed by atoms with Crippen molar-refractivity contribution >= 4 is 46.6 Å². The van der Waals surface area contributed by atoms with Gasteiger partial charge in [-0.1, -0.05) is 29.3 Å². The Morgan fingerprint density at radius 1 is 1.00 bits per heavy atom.